The lowest BCUT2D eigenvalue weighted by Crippen LogP contribution is -2.47. The van der Waals surface area contributed by atoms with Gasteiger partial charge in [-0.05, 0) is 32.2 Å². The molecule has 20 heavy (non-hydrogen) atoms. The number of rotatable bonds is 8. The summed E-state index contributed by atoms with van der Waals surface area (Å²) in [5.74, 6) is 0. The topological polar surface area (TPSA) is 75.9 Å². The Bertz CT molecular complexity index is 346. The predicted molar refractivity (Wildman–Crippen MR) is 83.3 cm³/mol. The van der Waals surface area contributed by atoms with E-state index in [1.54, 1.807) is 11.4 Å². The van der Waals surface area contributed by atoms with E-state index in [2.05, 4.69) is 0 Å². The van der Waals surface area contributed by atoms with Gasteiger partial charge in [-0.15, -0.1) is 12.4 Å². The van der Waals surface area contributed by atoms with Crippen LogP contribution in [-0.2, 0) is 14.9 Å². The molecule has 1 rings (SSSR count). The van der Waals surface area contributed by atoms with Crippen LogP contribution < -0.4 is 5.73 Å². The van der Waals surface area contributed by atoms with Crippen molar-refractivity contribution >= 4 is 22.6 Å². The first kappa shape index (κ1) is 20.1. The van der Waals surface area contributed by atoms with Crippen LogP contribution in [-0.4, -0.2) is 63.0 Å². The highest BCUT2D eigenvalue weighted by Gasteiger charge is 2.30. The van der Waals surface area contributed by atoms with Crippen molar-refractivity contribution in [2.24, 2.45) is 5.73 Å². The highest BCUT2D eigenvalue weighted by atomic mass is 35.5. The summed E-state index contributed by atoms with van der Waals surface area (Å²) in [5, 5.41) is 0. The van der Waals surface area contributed by atoms with E-state index in [9.17, 15) is 8.42 Å². The van der Waals surface area contributed by atoms with Gasteiger partial charge < -0.3 is 10.5 Å². The van der Waals surface area contributed by atoms with Crippen LogP contribution in [0.2, 0.25) is 0 Å². The van der Waals surface area contributed by atoms with E-state index < -0.39 is 10.2 Å². The Morgan fingerprint density at radius 1 is 1.35 bits per heavy atom. The van der Waals surface area contributed by atoms with E-state index >= 15 is 0 Å². The number of nitrogens with two attached hydrogens (primary N) is 1. The van der Waals surface area contributed by atoms with Crippen LogP contribution in [0.25, 0.3) is 0 Å². The van der Waals surface area contributed by atoms with Crippen molar-refractivity contribution < 1.29 is 13.2 Å². The van der Waals surface area contributed by atoms with Crippen molar-refractivity contribution in [2.75, 3.05) is 39.8 Å². The smallest absolute Gasteiger partial charge is 0.281 e. The molecule has 0 radical (unpaired) electrons. The van der Waals surface area contributed by atoms with E-state index in [1.165, 1.54) is 4.31 Å². The lowest BCUT2D eigenvalue weighted by Gasteiger charge is -2.33. The first-order valence-corrected chi connectivity index (χ1v) is 8.45. The highest BCUT2D eigenvalue weighted by Crippen LogP contribution is 2.18. The van der Waals surface area contributed by atoms with E-state index in [0.717, 1.165) is 25.7 Å². The molecular formula is C12H28ClN3O3S. The molecular weight excluding hydrogens is 302 g/mol. The fraction of sp³-hybridized carbons (Fsp3) is 1.00. The highest BCUT2D eigenvalue weighted by molar-refractivity contribution is 7.86. The summed E-state index contributed by atoms with van der Waals surface area (Å²) >= 11 is 0. The summed E-state index contributed by atoms with van der Waals surface area (Å²) in [6.07, 6.45) is 3.40. The molecule has 0 unspecified atom stereocenters. The van der Waals surface area contributed by atoms with Crippen molar-refractivity contribution in [3.63, 3.8) is 0 Å². The van der Waals surface area contributed by atoms with Crippen molar-refractivity contribution in [1.82, 2.24) is 8.61 Å². The standard InChI is InChI=1S/C12H27N3O3S.ClH/c1-3-8-14(2)19(16,17)15-9-5-12(6-10-15)18-11-4-7-13;/h12H,3-11,13H2,1-2H3;1H. The molecule has 0 amide bonds. The normalized spacial score (nSPS) is 18.2. The second kappa shape index (κ2) is 9.92. The molecule has 1 heterocycles. The fourth-order valence-electron chi connectivity index (χ4n) is 2.19. The largest absolute Gasteiger partial charge is 0.378 e. The zero-order valence-electron chi connectivity index (χ0n) is 12.5. The molecule has 8 heteroatoms. The van der Waals surface area contributed by atoms with Crippen molar-refractivity contribution in [3.05, 3.63) is 0 Å². The maximum atomic E-state index is 12.2. The number of piperidine rings is 1. The molecule has 0 bridgehead atoms. The van der Waals surface area contributed by atoms with Crippen molar-refractivity contribution in [2.45, 2.75) is 38.7 Å². The summed E-state index contributed by atoms with van der Waals surface area (Å²) in [5.41, 5.74) is 5.41. The molecule has 1 aliphatic heterocycles. The monoisotopic (exact) mass is 329 g/mol. The Morgan fingerprint density at radius 3 is 2.45 bits per heavy atom. The van der Waals surface area contributed by atoms with Gasteiger partial charge in [0, 0.05) is 33.3 Å². The van der Waals surface area contributed by atoms with Gasteiger partial charge >= 0.3 is 0 Å². The molecule has 1 aliphatic rings. The van der Waals surface area contributed by atoms with Crippen LogP contribution in [0, 0.1) is 0 Å². The lowest BCUT2D eigenvalue weighted by atomic mass is 10.1. The molecule has 0 aromatic heterocycles. The molecule has 1 saturated heterocycles. The van der Waals surface area contributed by atoms with Crippen LogP contribution in [0.4, 0.5) is 0 Å². The SMILES string of the molecule is CCCN(C)S(=O)(=O)N1CCC(OCCCN)CC1.Cl. The van der Waals surface area contributed by atoms with Gasteiger partial charge in [0.05, 0.1) is 6.10 Å². The number of hydrogen-bond donors (Lipinski definition) is 1. The molecule has 0 saturated carbocycles. The van der Waals surface area contributed by atoms with Crippen LogP contribution in [0.5, 0.6) is 0 Å². The van der Waals surface area contributed by atoms with E-state index in [1.807, 2.05) is 6.92 Å². The maximum Gasteiger partial charge on any atom is 0.281 e. The zero-order chi connectivity index (χ0) is 14.3. The zero-order valence-corrected chi connectivity index (χ0v) is 14.1. The molecule has 2 N–H and O–H groups in total. The third-order valence-corrected chi connectivity index (χ3v) is 5.35. The average molecular weight is 330 g/mol. The summed E-state index contributed by atoms with van der Waals surface area (Å²) in [6, 6.07) is 0. The molecule has 122 valence electrons. The van der Waals surface area contributed by atoms with Gasteiger partial charge in [-0.2, -0.15) is 17.0 Å². The Kier molecular flexibility index (Phi) is 9.96. The van der Waals surface area contributed by atoms with Crippen LogP contribution >= 0.6 is 12.4 Å². The quantitative estimate of drug-likeness (QED) is 0.669. The molecule has 0 atom stereocenters. The van der Waals surface area contributed by atoms with Gasteiger partial charge in [-0.3, -0.25) is 0 Å². The Morgan fingerprint density at radius 2 is 1.95 bits per heavy atom. The third kappa shape index (κ3) is 5.83. The van der Waals surface area contributed by atoms with Gasteiger partial charge in [-0.25, -0.2) is 0 Å². The lowest BCUT2D eigenvalue weighted by molar-refractivity contribution is 0.0202. The molecule has 0 aromatic carbocycles. The summed E-state index contributed by atoms with van der Waals surface area (Å²) in [7, 11) is -1.64. The minimum Gasteiger partial charge on any atom is -0.378 e. The third-order valence-electron chi connectivity index (χ3n) is 3.36. The minimum absolute atomic E-state index is 0. The van der Waals surface area contributed by atoms with Crippen LogP contribution in [0.3, 0.4) is 0 Å². The van der Waals surface area contributed by atoms with E-state index in [0.29, 0.717) is 32.8 Å². The average Bonchev–Trinajstić information content (AvgIpc) is 2.40. The van der Waals surface area contributed by atoms with Crippen molar-refractivity contribution in [1.29, 1.82) is 0 Å². The first-order chi connectivity index (χ1) is 9.02. The van der Waals surface area contributed by atoms with Gasteiger partial charge in [0.15, 0.2) is 0 Å². The molecule has 0 aromatic rings. The van der Waals surface area contributed by atoms with Gasteiger partial charge in [-0.1, -0.05) is 6.92 Å². The summed E-state index contributed by atoms with van der Waals surface area (Å²) in [6.45, 7) is 4.94. The predicted octanol–water partition coefficient (Wildman–Crippen LogP) is 0.825. The number of ether oxygens (including phenoxy) is 1. The summed E-state index contributed by atoms with van der Waals surface area (Å²) < 4.78 is 33.1. The minimum atomic E-state index is -3.28. The van der Waals surface area contributed by atoms with E-state index in [4.69, 9.17) is 10.5 Å². The fourth-order valence-corrected chi connectivity index (χ4v) is 3.67. The molecule has 0 spiro atoms. The number of nitrogens with zero attached hydrogens (tertiary/aromatic N) is 2. The molecule has 6 nitrogen and oxygen atoms in total. The van der Waals surface area contributed by atoms with Gasteiger partial charge in [0.1, 0.15) is 0 Å². The maximum absolute atomic E-state index is 12.2. The van der Waals surface area contributed by atoms with E-state index in [-0.39, 0.29) is 18.5 Å². The second-order valence-electron chi connectivity index (χ2n) is 4.94. The molecule has 1 fully saturated rings. The van der Waals surface area contributed by atoms with Crippen LogP contribution in [0.1, 0.15) is 32.6 Å². The molecule has 0 aliphatic carbocycles. The Labute approximate surface area is 129 Å². The Balaban J connectivity index is 0.00000361. The second-order valence-corrected chi connectivity index (χ2v) is 6.98. The first-order valence-electron chi connectivity index (χ1n) is 7.05. The summed E-state index contributed by atoms with van der Waals surface area (Å²) in [4.78, 5) is 0. The number of halogens is 1. The van der Waals surface area contributed by atoms with Gasteiger partial charge in [0.2, 0.25) is 0 Å². The van der Waals surface area contributed by atoms with Crippen molar-refractivity contribution in [3.8, 4) is 0 Å². The van der Waals surface area contributed by atoms with Gasteiger partial charge in [0.25, 0.3) is 10.2 Å². The Hall–Kier alpha value is 0.0800. The number of hydrogen-bond acceptors (Lipinski definition) is 4. The van der Waals surface area contributed by atoms with Crippen LogP contribution in [0.15, 0.2) is 0 Å².